The monoisotopic (exact) mass is 406 g/mol. The van der Waals surface area contributed by atoms with E-state index < -0.39 is 0 Å². The SMILES string of the molecule is CCOCc1ccccc1CNC(=O)c1cccc(NC(=O)CCn2ccnc2)c1. The zero-order chi connectivity index (χ0) is 21.2. The number of hydrogen-bond acceptors (Lipinski definition) is 4. The molecule has 3 rings (SSSR count). The van der Waals surface area contributed by atoms with Crippen LogP contribution in [0.5, 0.6) is 0 Å². The Bertz CT molecular complexity index is 970. The lowest BCUT2D eigenvalue weighted by atomic mass is 10.1. The molecule has 0 aliphatic rings. The molecule has 0 saturated carbocycles. The van der Waals surface area contributed by atoms with E-state index in [1.165, 1.54) is 0 Å². The smallest absolute Gasteiger partial charge is 0.251 e. The summed E-state index contributed by atoms with van der Waals surface area (Å²) < 4.78 is 7.33. The third-order valence-corrected chi connectivity index (χ3v) is 4.58. The Labute approximate surface area is 176 Å². The summed E-state index contributed by atoms with van der Waals surface area (Å²) in [4.78, 5) is 28.7. The van der Waals surface area contributed by atoms with Crippen LogP contribution in [0, 0.1) is 0 Å². The van der Waals surface area contributed by atoms with Crippen LogP contribution < -0.4 is 10.6 Å². The summed E-state index contributed by atoms with van der Waals surface area (Å²) >= 11 is 0. The largest absolute Gasteiger partial charge is 0.377 e. The van der Waals surface area contributed by atoms with E-state index in [4.69, 9.17) is 4.74 Å². The highest BCUT2D eigenvalue weighted by Crippen LogP contribution is 2.13. The van der Waals surface area contributed by atoms with Gasteiger partial charge >= 0.3 is 0 Å². The van der Waals surface area contributed by atoms with Crippen LogP contribution in [-0.4, -0.2) is 28.0 Å². The van der Waals surface area contributed by atoms with E-state index in [9.17, 15) is 9.59 Å². The van der Waals surface area contributed by atoms with Crippen molar-refractivity contribution >= 4 is 17.5 Å². The lowest BCUT2D eigenvalue weighted by Crippen LogP contribution is -2.23. The molecule has 0 unspecified atom stereocenters. The van der Waals surface area contributed by atoms with Gasteiger partial charge in [-0.25, -0.2) is 4.98 Å². The van der Waals surface area contributed by atoms with Crippen LogP contribution in [0.1, 0.15) is 34.8 Å². The van der Waals surface area contributed by atoms with Crippen LogP contribution in [0.15, 0.2) is 67.3 Å². The zero-order valence-corrected chi connectivity index (χ0v) is 17.0. The number of aryl methyl sites for hydroxylation is 1. The van der Waals surface area contributed by atoms with E-state index in [0.717, 1.165) is 11.1 Å². The molecule has 0 radical (unpaired) electrons. The highest BCUT2D eigenvalue weighted by atomic mass is 16.5. The Morgan fingerprint density at radius 3 is 2.70 bits per heavy atom. The molecular weight excluding hydrogens is 380 g/mol. The Balaban J connectivity index is 1.55. The van der Waals surface area contributed by atoms with Crippen LogP contribution in [0.4, 0.5) is 5.69 Å². The number of anilines is 1. The van der Waals surface area contributed by atoms with Crippen molar-refractivity contribution in [2.75, 3.05) is 11.9 Å². The van der Waals surface area contributed by atoms with Crippen molar-refractivity contribution in [2.24, 2.45) is 0 Å². The maximum atomic E-state index is 12.6. The van der Waals surface area contributed by atoms with E-state index in [1.807, 2.05) is 42.0 Å². The molecule has 3 aromatic rings. The second kappa shape index (κ2) is 10.9. The number of imidazole rings is 1. The van der Waals surface area contributed by atoms with Crippen molar-refractivity contribution in [3.8, 4) is 0 Å². The first-order chi connectivity index (χ1) is 14.7. The van der Waals surface area contributed by atoms with Crippen LogP contribution in [-0.2, 0) is 29.2 Å². The number of amides is 2. The van der Waals surface area contributed by atoms with Crippen LogP contribution in [0.2, 0.25) is 0 Å². The molecule has 2 N–H and O–H groups in total. The summed E-state index contributed by atoms with van der Waals surface area (Å²) in [6.45, 7) is 4.06. The first kappa shape index (κ1) is 21.3. The molecule has 0 atom stereocenters. The van der Waals surface area contributed by atoms with Crippen molar-refractivity contribution in [3.05, 3.63) is 83.9 Å². The van der Waals surface area contributed by atoms with E-state index in [1.54, 1.807) is 36.8 Å². The van der Waals surface area contributed by atoms with Crippen LogP contribution in [0.3, 0.4) is 0 Å². The highest BCUT2D eigenvalue weighted by molar-refractivity contribution is 5.97. The molecule has 0 spiro atoms. The third-order valence-electron chi connectivity index (χ3n) is 4.58. The minimum Gasteiger partial charge on any atom is -0.377 e. The van der Waals surface area contributed by atoms with Gasteiger partial charge < -0.3 is 19.9 Å². The molecule has 30 heavy (non-hydrogen) atoms. The molecule has 7 heteroatoms. The van der Waals surface area contributed by atoms with E-state index in [2.05, 4.69) is 15.6 Å². The van der Waals surface area contributed by atoms with Gasteiger partial charge in [0.15, 0.2) is 0 Å². The van der Waals surface area contributed by atoms with Gasteiger partial charge in [-0.2, -0.15) is 0 Å². The number of nitrogens with zero attached hydrogens (tertiary/aromatic N) is 2. The molecule has 0 saturated heterocycles. The number of rotatable bonds is 10. The maximum absolute atomic E-state index is 12.6. The average Bonchev–Trinajstić information content (AvgIpc) is 3.29. The summed E-state index contributed by atoms with van der Waals surface area (Å²) in [6, 6.07) is 14.8. The molecule has 7 nitrogen and oxygen atoms in total. The number of hydrogen-bond donors (Lipinski definition) is 2. The minimum atomic E-state index is -0.198. The standard InChI is InChI=1S/C23H26N4O3/c1-2-30-16-20-7-4-3-6-19(20)15-25-23(29)18-8-5-9-21(14-18)26-22(28)10-12-27-13-11-24-17-27/h3-9,11,13-14,17H,2,10,12,15-16H2,1H3,(H,25,29)(H,26,28). The van der Waals surface area contributed by atoms with Crippen molar-refractivity contribution in [1.29, 1.82) is 0 Å². The number of nitrogens with one attached hydrogen (secondary N) is 2. The minimum absolute atomic E-state index is 0.119. The van der Waals surface area contributed by atoms with Crippen molar-refractivity contribution in [1.82, 2.24) is 14.9 Å². The normalized spacial score (nSPS) is 10.6. The van der Waals surface area contributed by atoms with Crippen molar-refractivity contribution < 1.29 is 14.3 Å². The summed E-state index contributed by atoms with van der Waals surface area (Å²) in [5, 5.41) is 5.78. The lowest BCUT2D eigenvalue weighted by molar-refractivity contribution is -0.116. The summed E-state index contributed by atoms with van der Waals surface area (Å²) in [5.41, 5.74) is 3.15. The second-order valence-corrected chi connectivity index (χ2v) is 6.77. The first-order valence-corrected chi connectivity index (χ1v) is 9.94. The summed E-state index contributed by atoms with van der Waals surface area (Å²) in [7, 11) is 0. The molecule has 0 bridgehead atoms. The Morgan fingerprint density at radius 1 is 1.10 bits per heavy atom. The summed E-state index contributed by atoms with van der Waals surface area (Å²) in [5.74, 6) is -0.318. The fourth-order valence-electron chi connectivity index (χ4n) is 2.97. The summed E-state index contributed by atoms with van der Waals surface area (Å²) in [6.07, 6.45) is 5.48. The van der Waals surface area contributed by atoms with Gasteiger partial charge in [-0.1, -0.05) is 30.3 Å². The highest BCUT2D eigenvalue weighted by Gasteiger charge is 2.09. The topological polar surface area (TPSA) is 85.3 Å². The van der Waals surface area contributed by atoms with Crippen molar-refractivity contribution in [3.63, 3.8) is 0 Å². The predicted octanol–water partition coefficient (Wildman–Crippen LogP) is 3.38. The van der Waals surface area contributed by atoms with Crippen LogP contribution >= 0.6 is 0 Å². The van der Waals surface area contributed by atoms with Gasteiger partial charge in [0, 0.05) is 49.8 Å². The molecule has 0 fully saturated rings. The number of ether oxygens (including phenoxy) is 1. The fourth-order valence-corrected chi connectivity index (χ4v) is 2.97. The van der Waals surface area contributed by atoms with E-state index in [0.29, 0.717) is 44.0 Å². The molecule has 2 amide bonds. The Morgan fingerprint density at radius 2 is 1.93 bits per heavy atom. The van der Waals surface area contributed by atoms with Crippen LogP contribution in [0.25, 0.3) is 0 Å². The molecule has 2 aromatic carbocycles. The molecule has 1 heterocycles. The number of carbonyl (C=O) groups is 2. The Hall–Kier alpha value is -3.45. The molecule has 1 aromatic heterocycles. The fraction of sp³-hybridized carbons (Fsp3) is 0.261. The first-order valence-electron chi connectivity index (χ1n) is 9.94. The molecule has 0 aliphatic carbocycles. The van der Waals surface area contributed by atoms with Gasteiger partial charge in [0.1, 0.15) is 0 Å². The van der Waals surface area contributed by atoms with Gasteiger partial charge in [-0.05, 0) is 36.2 Å². The van der Waals surface area contributed by atoms with Gasteiger partial charge in [0.05, 0.1) is 12.9 Å². The number of benzene rings is 2. The maximum Gasteiger partial charge on any atom is 0.251 e. The van der Waals surface area contributed by atoms with Gasteiger partial charge in [-0.3, -0.25) is 9.59 Å². The molecular formula is C23H26N4O3. The van der Waals surface area contributed by atoms with Gasteiger partial charge in [0.2, 0.25) is 5.91 Å². The predicted molar refractivity (Wildman–Crippen MR) is 115 cm³/mol. The van der Waals surface area contributed by atoms with Gasteiger partial charge in [0.25, 0.3) is 5.91 Å². The van der Waals surface area contributed by atoms with E-state index in [-0.39, 0.29) is 11.8 Å². The number of aromatic nitrogens is 2. The van der Waals surface area contributed by atoms with Gasteiger partial charge in [-0.15, -0.1) is 0 Å². The molecule has 0 aliphatic heterocycles. The zero-order valence-electron chi connectivity index (χ0n) is 17.0. The number of carbonyl (C=O) groups excluding carboxylic acids is 2. The third kappa shape index (κ3) is 6.28. The Kier molecular flexibility index (Phi) is 7.74. The second-order valence-electron chi connectivity index (χ2n) is 6.77. The van der Waals surface area contributed by atoms with Crippen molar-refractivity contribution in [2.45, 2.75) is 33.0 Å². The molecule has 156 valence electrons. The average molecular weight is 406 g/mol. The van der Waals surface area contributed by atoms with E-state index >= 15 is 0 Å². The quantitative estimate of drug-likeness (QED) is 0.541. The lowest BCUT2D eigenvalue weighted by Gasteiger charge is -2.11.